The van der Waals surface area contributed by atoms with Crippen LogP contribution in [0, 0.1) is 13.8 Å². The number of aromatic amines is 1. The molecule has 0 aliphatic carbocycles. The maximum absolute atomic E-state index is 12.3. The molecular formula is C13H14N2O3. The lowest BCUT2D eigenvalue weighted by Gasteiger charge is -2.08. The Labute approximate surface area is 103 Å². The number of fused-ring (bicyclic) bond motifs is 1. The van der Waals surface area contributed by atoms with Crippen LogP contribution in [-0.2, 0) is 6.42 Å². The summed E-state index contributed by atoms with van der Waals surface area (Å²) in [5.74, 6) is -1.10. The molecule has 0 aromatic carbocycles. The molecule has 2 rings (SSSR count). The highest BCUT2D eigenvalue weighted by atomic mass is 16.4. The van der Waals surface area contributed by atoms with Crippen molar-refractivity contribution in [3.8, 4) is 0 Å². The van der Waals surface area contributed by atoms with Crippen molar-refractivity contribution in [1.82, 2.24) is 9.97 Å². The van der Waals surface area contributed by atoms with E-state index in [1.807, 2.05) is 6.92 Å². The van der Waals surface area contributed by atoms with Crippen LogP contribution in [0.25, 0.3) is 11.0 Å². The Hall–Kier alpha value is -2.17. The number of aromatic nitrogens is 2. The first-order chi connectivity index (χ1) is 8.45. The molecule has 0 spiro atoms. The number of carboxylic acids is 1. The van der Waals surface area contributed by atoms with Gasteiger partial charge in [0.25, 0.3) is 0 Å². The number of nitrogens with zero attached hydrogens (tertiary/aromatic N) is 1. The lowest BCUT2D eigenvalue weighted by atomic mass is 10.1. The predicted octanol–water partition coefficient (Wildman–Crippen LogP) is 1.80. The van der Waals surface area contributed by atoms with E-state index in [1.165, 1.54) is 6.07 Å². The van der Waals surface area contributed by atoms with Crippen LogP contribution in [0.15, 0.2) is 10.9 Å². The molecule has 5 nitrogen and oxygen atoms in total. The van der Waals surface area contributed by atoms with E-state index < -0.39 is 5.97 Å². The lowest BCUT2D eigenvalue weighted by molar-refractivity contribution is 0.0690. The van der Waals surface area contributed by atoms with Gasteiger partial charge in [-0.25, -0.2) is 9.78 Å². The van der Waals surface area contributed by atoms with Crippen LogP contribution in [0.2, 0.25) is 0 Å². The number of carbonyl (C=O) groups is 1. The summed E-state index contributed by atoms with van der Waals surface area (Å²) in [4.78, 5) is 30.2. The van der Waals surface area contributed by atoms with E-state index >= 15 is 0 Å². The molecule has 0 radical (unpaired) electrons. The van der Waals surface area contributed by atoms with E-state index in [1.54, 1.807) is 13.8 Å². The molecule has 0 amide bonds. The largest absolute Gasteiger partial charge is 0.477 e. The number of nitrogens with one attached hydrogen (secondary N) is 1. The maximum atomic E-state index is 12.3. The van der Waals surface area contributed by atoms with Crippen molar-refractivity contribution >= 4 is 17.0 Å². The van der Waals surface area contributed by atoms with Crippen molar-refractivity contribution in [3.05, 3.63) is 38.8 Å². The lowest BCUT2D eigenvalue weighted by Crippen LogP contribution is -2.15. The molecule has 94 valence electrons. The summed E-state index contributed by atoms with van der Waals surface area (Å²) in [6.45, 7) is 5.43. The van der Waals surface area contributed by atoms with Gasteiger partial charge in [-0.2, -0.15) is 0 Å². The highest BCUT2D eigenvalue weighted by Gasteiger charge is 2.14. The van der Waals surface area contributed by atoms with Crippen molar-refractivity contribution < 1.29 is 9.90 Å². The van der Waals surface area contributed by atoms with Gasteiger partial charge in [0.2, 0.25) is 0 Å². The molecule has 0 bridgehead atoms. The third kappa shape index (κ3) is 1.77. The molecule has 0 unspecified atom stereocenters. The number of rotatable bonds is 2. The summed E-state index contributed by atoms with van der Waals surface area (Å²) in [6, 6.07) is 1.43. The highest BCUT2D eigenvalue weighted by molar-refractivity contribution is 5.90. The number of H-pyrrole nitrogens is 1. The van der Waals surface area contributed by atoms with Gasteiger partial charge >= 0.3 is 5.97 Å². The van der Waals surface area contributed by atoms with Crippen LogP contribution in [0.3, 0.4) is 0 Å². The van der Waals surface area contributed by atoms with Crippen LogP contribution < -0.4 is 5.43 Å². The molecule has 18 heavy (non-hydrogen) atoms. The summed E-state index contributed by atoms with van der Waals surface area (Å²) in [7, 11) is 0. The van der Waals surface area contributed by atoms with E-state index in [2.05, 4.69) is 9.97 Å². The molecule has 0 aliphatic rings. The van der Waals surface area contributed by atoms with E-state index in [4.69, 9.17) is 5.11 Å². The summed E-state index contributed by atoms with van der Waals surface area (Å²) < 4.78 is 0. The fourth-order valence-corrected chi connectivity index (χ4v) is 2.16. The average molecular weight is 246 g/mol. The van der Waals surface area contributed by atoms with E-state index in [0.29, 0.717) is 23.0 Å². The van der Waals surface area contributed by atoms with Gasteiger partial charge < -0.3 is 10.1 Å². The molecule has 2 aromatic heterocycles. The predicted molar refractivity (Wildman–Crippen MR) is 68.2 cm³/mol. The third-order valence-corrected chi connectivity index (χ3v) is 3.05. The first kappa shape index (κ1) is 12.3. The van der Waals surface area contributed by atoms with Gasteiger partial charge in [-0.15, -0.1) is 0 Å². The fourth-order valence-electron chi connectivity index (χ4n) is 2.16. The van der Waals surface area contributed by atoms with Crippen LogP contribution in [0.4, 0.5) is 0 Å². The van der Waals surface area contributed by atoms with Crippen molar-refractivity contribution in [1.29, 1.82) is 0 Å². The van der Waals surface area contributed by atoms with Crippen molar-refractivity contribution in [3.63, 3.8) is 0 Å². The second-order valence-electron chi connectivity index (χ2n) is 4.26. The summed E-state index contributed by atoms with van der Waals surface area (Å²) in [5.41, 5.74) is 2.31. The molecular weight excluding hydrogens is 232 g/mol. The Morgan fingerprint density at radius 2 is 2.11 bits per heavy atom. The van der Waals surface area contributed by atoms with Gasteiger partial charge in [-0.3, -0.25) is 4.79 Å². The zero-order valence-corrected chi connectivity index (χ0v) is 10.5. The Bertz CT molecular complexity index is 701. The summed E-state index contributed by atoms with van der Waals surface area (Å²) >= 11 is 0. The van der Waals surface area contributed by atoms with E-state index in [-0.39, 0.29) is 11.1 Å². The van der Waals surface area contributed by atoms with Crippen LogP contribution in [0.5, 0.6) is 0 Å². The van der Waals surface area contributed by atoms with Gasteiger partial charge in [0, 0.05) is 11.3 Å². The second kappa shape index (κ2) is 4.25. The standard InChI is InChI=1S/C13H14N2O3/c1-4-8-7(3)14-12-10(11(8)16)6(2)5-9(15-12)13(17)18/h5H,4H2,1-3H3,(H,17,18)(H,14,15,16). The number of hydrogen-bond donors (Lipinski definition) is 2. The van der Waals surface area contributed by atoms with Crippen LogP contribution in [0.1, 0.15) is 34.2 Å². The Morgan fingerprint density at radius 3 is 2.67 bits per heavy atom. The molecule has 0 aliphatic heterocycles. The summed E-state index contributed by atoms with van der Waals surface area (Å²) in [5, 5.41) is 9.43. The average Bonchev–Trinajstić information content (AvgIpc) is 2.28. The fraction of sp³-hybridized carbons (Fsp3) is 0.308. The molecule has 0 saturated heterocycles. The number of aryl methyl sites for hydroxylation is 2. The summed E-state index contributed by atoms with van der Waals surface area (Å²) in [6.07, 6.45) is 0.636. The topological polar surface area (TPSA) is 83.1 Å². The van der Waals surface area contributed by atoms with Gasteiger partial charge in [0.05, 0.1) is 5.39 Å². The third-order valence-electron chi connectivity index (χ3n) is 3.05. The van der Waals surface area contributed by atoms with Crippen LogP contribution >= 0.6 is 0 Å². The zero-order valence-electron chi connectivity index (χ0n) is 10.5. The molecule has 2 N–H and O–H groups in total. The minimum Gasteiger partial charge on any atom is -0.477 e. The molecule has 0 fully saturated rings. The monoisotopic (exact) mass is 246 g/mol. The van der Waals surface area contributed by atoms with Gasteiger partial charge in [0.1, 0.15) is 5.65 Å². The van der Waals surface area contributed by atoms with Gasteiger partial charge in [-0.05, 0) is 31.9 Å². The zero-order chi connectivity index (χ0) is 13.4. The number of carboxylic acid groups (broad SMARTS) is 1. The molecule has 0 atom stereocenters. The molecule has 0 saturated carbocycles. The first-order valence-corrected chi connectivity index (χ1v) is 5.72. The highest BCUT2D eigenvalue weighted by Crippen LogP contribution is 2.15. The molecule has 2 heterocycles. The van der Waals surface area contributed by atoms with Crippen molar-refractivity contribution in [2.24, 2.45) is 0 Å². The Morgan fingerprint density at radius 1 is 1.44 bits per heavy atom. The van der Waals surface area contributed by atoms with Crippen molar-refractivity contribution in [2.45, 2.75) is 27.2 Å². The number of aromatic carboxylic acids is 1. The Kier molecular flexibility index (Phi) is 2.90. The quantitative estimate of drug-likeness (QED) is 0.846. The number of pyridine rings is 2. The molecule has 2 aromatic rings. The minimum atomic E-state index is -1.10. The SMILES string of the molecule is CCc1c(C)[nH]c2nc(C(=O)O)cc(C)c2c1=O. The normalized spacial score (nSPS) is 10.8. The maximum Gasteiger partial charge on any atom is 0.354 e. The van der Waals surface area contributed by atoms with E-state index in [0.717, 1.165) is 11.3 Å². The van der Waals surface area contributed by atoms with Crippen LogP contribution in [-0.4, -0.2) is 21.0 Å². The Balaban J connectivity index is 2.93. The minimum absolute atomic E-state index is 0.0562. The number of hydrogen-bond acceptors (Lipinski definition) is 3. The second-order valence-corrected chi connectivity index (χ2v) is 4.26. The van der Waals surface area contributed by atoms with Gasteiger partial charge in [0.15, 0.2) is 11.1 Å². The van der Waals surface area contributed by atoms with Gasteiger partial charge in [-0.1, -0.05) is 6.92 Å². The molecule has 5 heteroatoms. The van der Waals surface area contributed by atoms with Crippen molar-refractivity contribution in [2.75, 3.05) is 0 Å². The first-order valence-electron chi connectivity index (χ1n) is 5.72. The smallest absolute Gasteiger partial charge is 0.354 e. The van der Waals surface area contributed by atoms with E-state index in [9.17, 15) is 9.59 Å².